The minimum Gasteiger partial charge on any atom is -0.376 e. The van der Waals surface area contributed by atoms with Crippen molar-refractivity contribution in [3.63, 3.8) is 0 Å². The van der Waals surface area contributed by atoms with Crippen molar-refractivity contribution in [3.8, 4) is 0 Å². The summed E-state index contributed by atoms with van der Waals surface area (Å²) in [6, 6.07) is 0.359. The maximum absolute atomic E-state index is 5.76. The van der Waals surface area contributed by atoms with Crippen LogP contribution in [0.15, 0.2) is 6.20 Å². The van der Waals surface area contributed by atoms with Crippen LogP contribution in [0.2, 0.25) is 0 Å². The Balaban J connectivity index is 2.11. The highest BCUT2D eigenvalue weighted by molar-refractivity contribution is 5.29. The molecule has 2 atom stereocenters. The third-order valence-corrected chi connectivity index (χ3v) is 3.33. The summed E-state index contributed by atoms with van der Waals surface area (Å²) in [6.07, 6.45) is 5.90. The SMILES string of the molecule is CCCNc1nc(C)cn1C(C)C1CCCO1. The zero-order valence-corrected chi connectivity index (χ0v) is 11.1. The van der Waals surface area contributed by atoms with Crippen LogP contribution in [0.4, 0.5) is 5.95 Å². The molecule has 1 N–H and O–H groups in total. The zero-order valence-electron chi connectivity index (χ0n) is 11.1. The van der Waals surface area contributed by atoms with Gasteiger partial charge in [-0.15, -0.1) is 0 Å². The lowest BCUT2D eigenvalue weighted by Gasteiger charge is -2.22. The fourth-order valence-electron chi connectivity index (χ4n) is 2.36. The topological polar surface area (TPSA) is 39.1 Å². The molecule has 0 amide bonds. The smallest absolute Gasteiger partial charge is 0.203 e. The molecule has 17 heavy (non-hydrogen) atoms. The van der Waals surface area contributed by atoms with Gasteiger partial charge in [0.15, 0.2) is 0 Å². The Morgan fingerprint density at radius 3 is 3.12 bits per heavy atom. The average Bonchev–Trinajstić information content (AvgIpc) is 2.94. The van der Waals surface area contributed by atoms with Crippen molar-refractivity contribution in [2.75, 3.05) is 18.5 Å². The van der Waals surface area contributed by atoms with Gasteiger partial charge in [0, 0.05) is 19.3 Å². The summed E-state index contributed by atoms with van der Waals surface area (Å²) in [5.74, 6) is 0.979. The van der Waals surface area contributed by atoms with Gasteiger partial charge in [-0.2, -0.15) is 0 Å². The maximum Gasteiger partial charge on any atom is 0.203 e. The van der Waals surface area contributed by atoms with Crippen LogP contribution in [0.25, 0.3) is 0 Å². The summed E-state index contributed by atoms with van der Waals surface area (Å²) < 4.78 is 7.98. The van der Waals surface area contributed by atoms with E-state index in [1.807, 2.05) is 6.92 Å². The van der Waals surface area contributed by atoms with Crippen LogP contribution in [0.3, 0.4) is 0 Å². The van der Waals surface area contributed by atoms with Gasteiger partial charge in [0.2, 0.25) is 5.95 Å². The van der Waals surface area contributed by atoms with E-state index in [9.17, 15) is 0 Å². The molecule has 96 valence electrons. The second-order valence-electron chi connectivity index (χ2n) is 4.83. The monoisotopic (exact) mass is 237 g/mol. The van der Waals surface area contributed by atoms with Gasteiger partial charge in [0.25, 0.3) is 0 Å². The van der Waals surface area contributed by atoms with Crippen molar-refractivity contribution in [3.05, 3.63) is 11.9 Å². The van der Waals surface area contributed by atoms with Crippen LogP contribution in [0, 0.1) is 6.92 Å². The number of imidazole rings is 1. The third-order valence-electron chi connectivity index (χ3n) is 3.33. The highest BCUT2D eigenvalue weighted by Gasteiger charge is 2.25. The van der Waals surface area contributed by atoms with E-state index in [0.717, 1.165) is 37.6 Å². The van der Waals surface area contributed by atoms with Crippen LogP contribution < -0.4 is 5.32 Å². The number of hydrogen-bond acceptors (Lipinski definition) is 3. The average molecular weight is 237 g/mol. The lowest BCUT2D eigenvalue weighted by atomic mass is 10.1. The van der Waals surface area contributed by atoms with Crippen LogP contribution in [-0.4, -0.2) is 28.8 Å². The number of nitrogens with zero attached hydrogens (tertiary/aromatic N) is 2. The van der Waals surface area contributed by atoms with Gasteiger partial charge < -0.3 is 14.6 Å². The summed E-state index contributed by atoms with van der Waals surface area (Å²) in [5.41, 5.74) is 1.06. The van der Waals surface area contributed by atoms with Crippen LogP contribution in [0.5, 0.6) is 0 Å². The number of hydrogen-bond donors (Lipinski definition) is 1. The molecule has 0 bridgehead atoms. The van der Waals surface area contributed by atoms with Gasteiger partial charge in [0.05, 0.1) is 17.8 Å². The van der Waals surface area contributed by atoms with Gasteiger partial charge in [-0.1, -0.05) is 6.92 Å². The van der Waals surface area contributed by atoms with Crippen LogP contribution in [-0.2, 0) is 4.74 Å². The number of nitrogens with one attached hydrogen (secondary N) is 1. The predicted molar refractivity (Wildman–Crippen MR) is 69.4 cm³/mol. The molecule has 0 radical (unpaired) electrons. The van der Waals surface area contributed by atoms with Gasteiger partial charge >= 0.3 is 0 Å². The molecule has 4 heteroatoms. The van der Waals surface area contributed by atoms with E-state index in [4.69, 9.17) is 4.74 Å². The van der Waals surface area contributed by atoms with E-state index < -0.39 is 0 Å². The minimum atomic E-state index is 0.339. The second-order valence-corrected chi connectivity index (χ2v) is 4.83. The molecule has 2 rings (SSSR count). The first-order valence-corrected chi connectivity index (χ1v) is 6.63. The fraction of sp³-hybridized carbons (Fsp3) is 0.769. The quantitative estimate of drug-likeness (QED) is 0.856. The van der Waals surface area contributed by atoms with Crippen molar-refractivity contribution < 1.29 is 4.74 Å². The Morgan fingerprint density at radius 1 is 1.65 bits per heavy atom. The summed E-state index contributed by atoms with van der Waals surface area (Å²) in [7, 11) is 0. The van der Waals surface area contributed by atoms with E-state index in [2.05, 4.69) is 34.9 Å². The Hall–Kier alpha value is -1.03. The van der Waals surface area contributed by atoms with Crippen molar-refractivity contribution in [1.82, 2.24) is 9.55 Å². The Bertz CT molecular complexity index is 356. The fourth-order valence-corrected chi connectivity index (χ4v) is 2.36. The molecule has 1 fully saturated rings. The highest BCUT2D eigenvalue weighted by Crippen LogP contribution is 2.27. The van der Waals surface area contributed by atoms with Gasteiger partial charge in [-0.25, -0.2) is 4.98 Å². The van der Waals surface area contributed by atoms with E-state index in [1.165, 1.54) is 6.42 Å². The lowest BCUT2D eigenvalue weighted by molar-refractivity contribution is 0.0738. The summed E-state index contributed by atoms with van der Waals surface area (Å²) >= 11 is 0. The largest absolute Gasteiger partial charge is 0.376 e. The molecule has 1 aromatic rings. The molecular weight excluding hydrogens is 214 g/mol. The van der Waals surface area contributed by atoms with Gasteiger partial charge in [-0.3, -0.25) is 0 Å². The van der Waals surface area contributed by atoms with Gasteiger partial charge in [0.1, 0.15) is 0 Å². The number of rotatable bonds is 5. The lowest BCUT2D eigenvalue weighted by Crippen LogP contribution is -2.22. The molecule has 1 aliphatic rings. The second kappa shape index (κ2) is 5.54. The molecule has 1 saturated heterocycles. The molecule has 4 nitrogen and oxygen atoms in total. The Labute approximate surface area is 103 Å². The Kier molecular flexibility index (Phi) is 4.05. The molecule has 1 aliphatic heterocycles. The first-order chi connectivity index (χ1) is 8.22. The van der Waals surface area contributed by atoms with E-state index in [-0.39, 0.29) is 0 Å². The molecule has 2 heterocycles. The summed E-state index contributed by atoms with van der Waals surface area (Å²) in [5, 5.41) is 3.38. The molecule has 0 aromatic carbocycles. The van der Waals surface area contributed by atoms with Crippen LogP contribution >= 0.6 is 0 Å². The van der Waals surface area contributed by atoms with Crippen molar-refractivity contribution >= 4 is 5.95 Å². The minimum absolute atomic E-state index is 0.339. The number of aryl methyl sites for hydroxylation is 1. The molecule has 0 spiro atoms. The van der Waals surface area contributed by atoms with E-state index in [0.29, 0.717) is 12.1 Å². The highest BCUT2D eigenvalue weighted by atomic mass is 16.5. The van der Waals surface area contributed by atoms with E-state index >= 15 is 0 Å². The standard InChI is InChI=1S/C13H23N3O/c1-4-7-14-13-15-10(2)9-16(13)11(3)12-6-5-8-17-12/h9,11-12H,4-8H2,1-3H3,(H,14,15). The molecule has 2 unspecified atom stereocenters. The third kappa shape index (κ3) is 2.80. The first-order valence-electron chi connectivity index (χ1n) is 6.63. The van der Waals surface area contributed by atoms with Crippen LogP contribution in [0.1, 0.15) is 44.8 Å². The van der Waals surface area contributed by atoms with Crippen molar-refractivity contribution in [2.24, 2.45) is 0 Å². The zero-order chi connectivity index (χ0) is 12.3. The number of anilines is 1. The molecule has 0 aliphatic carbocycles. The van der Waals surface area contributed by atoms with Crippen molar-refractivity contribution in [1.29, 1.82) is 0 Å². The maximum atomic E-state index is 5.76. The summed E-state index contributed by atoms with van der Waals surface area (Å²) in [4.78, 5) is 4.54. The molecule has 0 saturated carbocycles. The molecular formula is C13H23N3O. The first kappa shape index (κ1) is 12.4. The molecule has 1 aromatic heterocycles. The number of aromatic nitrogens is 2. The summed E-state index contributed by atoms with van der Waals surface area (Å²) in [6.45, 7) is 8.29. The Morgan fingerprint density at radius 2 is 2.47 bits per heavy atom. The van der Waals surface area contributed by atoms with Gasteiger partial charge in [-0.05, 0) is 33.1 Å². The van der Waals surface area contributed by atoms with E-state index in [1.54, 1.807) is 0 Å². The predicted octanol–water partition coefficient (Wildman–Crippen LogP) is 2.75. The normalized spacial score (nSPS) is 21.7. The number of ether oxygens (including phenoxy) is 1. The van der Waals surface area contributed by atoms with Crippen molar-refractivity contribution in [2.45, 2.75) is 52.2 Å².